The summed E-state index contributed by atoms with van der Waals surface area (Å²) in [6.45, 7) is 7.67. The number of benzene rings is 1. The molecule has 2 aromatic heterocycles. The van der Waals surface area contributed by atoms with E-state index in [-0.39, 0.29) is 11.8 Å². The normalized spacial score (nSPS) is 16.3. The first kappa shape index (κ1) is 21.9. The molecule has 1 amide bonds. The lowest BCUT2D eigenvalue weighted by Gasteiger charge is -2.33. The lowest BCUT2D eigenvalue weighted by Crippen LogP contribution is -2.43. The lowest BCUT2D eigenvalue weighted by atomic mass is 9.96. The highest BCUT2D eigenvalue weighted by Gasteiger charge is 2.29. The maximum Gasteiger partial charge on any atom is 0.231 e. The minimum atomic E-state index is -0.126. The smallest absolute Gasteiger partial charge is 0.231 e. The monoisotopic (exact) mass is 438 g/mol. The Hall–Kier alpha value is -3.29. The third-order valence-electron chi connectivity index (χ3n) is 6.15. The van der Waals surface area contributed by atoms with Crippen LogP contribution in [0.2, 0.25) is 0 Å². The van der Waals surface area contributed by atoms with Gasteiger partial charge in [0.15, 0.2) is 0 Å². The molecule has 0 radical (unpaired) electrons. The summed E-state index contributed by atoms with van der Waals surface area (Å²) in [5.41, 5.74) is 2.54. The minimum absolute atomic E-state index is 0.0293. The van der Waals surface area contributed by atoms with Gasteiger partial charge in [0.05, 0.1) is 25.5 Å². The van der Waals surface area contributed by atoms with Gasteiger partial charge in [-0.2, -0.15) is 4.98 Å². The van der Waals surface area contributed by atoms with E-state index < -0.39 is 0 Å². The van der Waals surface area contributed by atoms with Crippen LogP contribution < -0.4 is 19.7 Å². The van der Waals surface area contributed by atoms with Crippen LogP contribution in [-0.4, -0.2) is 43.2 Å². The van der Waals surface area contributed by atoms with Crippen molar-refractivity contribution in [3.05, 3.63) is 40.9 Å². The second kappa shape index (κ2) is 9.06. The van der Waals surface area contributed by atoms with Crippen molar-refractivity contribution in [1.29, 1.82) is 0 Å². The van der Waals surface area contributed by atoms with E-state index in [0.29, 0.717) is 24.6 Å². The van der Waals surface area contributed by atoms with Crippen LogP contribution in [-0.2, 0) is 11.3 Å². The number of carbonyl (C=O) groups excluding carboxylic acids is 1. The van der Waals surface area contributed by atoms with E-state index in [9.17, 15) is 4.79 Å². The molecule has 8 heteroatoms. The molecule has 1 unspecified atom stereocenters. The standard InChI is InChI=1S/C24H30N4O4/c1-14-15(2)32-24-21(14)22(26-16(3)27-24)28-10-6-7-17(13-28)23(29)25-12-18-11-19(30-4)8-9-20(18)31-5/h8-9,11,17H,6-7,10,12-13H2,1-5H3,(H,25,29). The summed E-state index contributed by atoms with van der Waals surface area (Å²) < 4.78 is 16.6. The molecule has 0 bridgehead atoms. The highest BCUT2D eigenvalue weighted by molar-refractivity contribution is 5.90. The number of carbonyl (C=O) groups is 1. The molecule has 3 aromatic rings. The molecule has 1 saturated heterocycles. The van der Waals surface area contributed by atoms with Crippen molar-refractivity contribution in [3.63, 3.8) is 0 Å². The highest BCUT2D eigenvalue weighted by Crippen LogP contribution is 2.33. The minimum Gasteiger partial charge on any atom is -0.497 e. The quantitative estimate of drug-likeness (QED) is 0.628. The van der Waals surface area contributed by atoms with Gasteiger partial charge in [0, 0.05) is 30.8 Å². The van der Waals surface area contributed by atoms with Gasteiger partial charge in [-0.1, -0.05) is 0 Å². The van der Waals surface area contributed by atoms with E-state index >= 15 is 0 Å². The summed E-state index contributed by atoms with van der Waals surface area (Å²) in [5, 5.41) is 4.02. The number of furan rings is 1. The molecule has 1 aliphatic rings. The molecule has 1 aromatic carbocycles. The van der Waals surface area contributed by atoms with Gasteiger partial charge in [0.2, 0.25) is 11.6 Å². The van der Waals surface area contributed by atoms with Crippen LogP contribution in [0.1, 0.15) is 35.6 Å². The van der Waals surface area contributed by atoms with Crippen LogP contribution in [0.15, 0.2) is 22.6 Å². The van der Waals surface area contributed by atoms with Crippen molar-refractivity contribution in [2.24, 2.45) is 5.92 Å². The fraction of sp³-hybridized carbons (Fsp3) is 0.458. The topological polar surface area (TPSA) is 89.7 Å². The lowest BCUT2D eigenvalue weighted by molar-refractivity contribution is -0.125. The zero-order valence-electron chi connectivity index (χ0n) is 19.3. The number of aryl methyl sites for hydroxylation is 3. The SMILES string of the molecule is COc1ccc(OC)c(CNC(=O)C2CCCN(c3nc(C)nc4oc(C)c(C)c34)C2)c1. The molecular weight excluding hydrogens is 408 g/mol. The summed E-state index contributed by atoms with van der Waals surface area (Å²) in [7, 11) is 3.24. The van der Waals surface area contributed by atoms with Crippen LogP contribution in [0.5, 0.6) is 11.5 Å². The number of anilines is 1. The number of nitrogens with zero attached hydrogens (tertiary/aromatic N) is 3. The van der Waals surface area contributed by atoms with Crippen LogP contribution in [0.25, 0.3) is 11.1 Å². The van der Waals surface area contributed by atoms with Gasteiger partial charge in [-0.15, -0.1) is 0 Å². The zero-order valence-corrected chi connectivity index (χ0v) is 19.3. The summed E-state index contributed by atoms with van der Waals surface area (Å²) in [6, 6.07) is 5.57. The third kappa shape index (κ3) is 4.22. The molecule has 3 heterocycles. The predicted molar refractivity (Wildman–Crippen MR) is 122 cm³/mol. The van der Waals surface area contributed by atoms with Crippen LogP contribution in [0.3, 0.4) is 0 Å². The zero-order chi connectivity index (χ0) is 22.8. The highest BCUT2D eigenvalue weighted by atomic mass is 16.5. The summed E-state index contributed by atoms with van der Waals surface area (Å²) in [4.78, 5) is 24.4. The molecule has 4 rings (SSSR count). The molecule has 170 valence electrons. The van der Waals surface area contributed by atoms with Gasteiger partial charge in [-0.05, 0) is 51.8 Å². The van der Waals surface area contributed by atoms with E-state index in [0.717, 1.165) is 59.0 Å². The van der Waals surface area contributed by atoms with Gasteiger partial charge in [0.25, 0.3) is 0 Å². The van der Waals surface area contributed by atoms with Crippen molar-refractivity contribution >= 4 is 22.8 Å². The van der Waals surface area contributed by atoms with E-state index in [1.807, 2.05) is 39.0 Å². The average molecular weight is 439 g/mol. The third-order valence-corrected chi connectivity index (χ3v) is 6.15. The summed E-state index contributed by atoms with van der Waals surface area (Å²) in [5.74, 6) is 3.72. The second-order valence-electron chi connectivity index (χ2n) is 8.24. The molecular formula is C24H30N4O4. The molecule has 32 heavy (non-hydrogen) atoms. The largest absolute Gasteiger partial charge is 0.497 e. The Bertz CT molecular complexity index is 1140. The van der Waals surface area contributed by atoms with Crippen LogP contribution in [0.4, 0.5) is 5.82 Å². The first-order valence-electron chi connectivity index (χ1n) is 10.9. The van der Waals surface area contributed by atoms with Crippen molar-refractivity contribution in [2.75, 3.05) is 32.2 Å². The Kier molecular flexibility index (Phi) is 6.21. The molecule has 0 aliphatic carbocycles. The van der Waals surface area contributed by atoms with Crippen molar-refractivity contribution in [2.45, 2.75) is 40.2 Å². The second-order valence-corrected chi connectivity index (χ2v) is 8.24. The number of hydrogen-bond acceptors (Lipinski definition) is 7. The molecule has 1 fully saturated rings. The fourth-order valence-electron chi connectivity index (χ4n) is 4.29. The number of methoxy groups -OCH3 is 2. The fourth-order valence-corrected chi connectivity index (χ4v) is 4.29. The Morgan fingerprint density at radius 2 is 2.03 bits per heavy atom. The van der Waals surface area contributed by atoms with E-state index in [1.54, 1.807) is 14.2 Å². The van der Waals surface area contributed by atoms with Crippen LogP contribution >= 0.6 is 0 Å². The van der Waals surface area contributed by atoms with Crippen molar-refractivity contribution in [3.8, 4) is 11.5 Å². The van der Waals surface area contributed by atoms with Crippen molar-refractivity contribution < 1.29 is 18.7 Å². The number of piperidine rings is 1. The summed E-state index contributed by atoms with van der Waals surface area (Å²) in [6.07, 6.45) is 1.76. The van der Waals surface area contributed by atoms with E-state index in [4.69, 9.17) is 18.9 Å². The number of amides is 1. The number of hydrogen-bond donors (Lipinski definition) is 1. The summed E-state index contributed by atoms with van der Waals surface area (Å²) >= 11 is 0. The van der Waals surface area contributed by atoms with E-state index in [1.165, 1.54) is 0 Å². The van der Waals surface area contributed by atoms with Gasteiger partial charge < -0.3 is 24.1 Å². The van der Waals surface area contributed by atoms with Crippen LogP contribution in [0, 0.1) is 26.7 Å². The number of rotatable bonds is 6. The number of ether oxygens (including phenoxy) is 2. The van der Waals surface area contributed by atoms with Gasteiger partial charge >= 0.3 is 0 Å². The van der Waals surface area contributed by atoms with Gasteiger partial charge in [-0.3, -0.25) is 4.79 Å². The Labute approximate surface area is 187 Å². The Morgan fingerprint density at radius 3 is 2.78 bits per heavy atom. The molecule has 1 atom stereocenters. The number of nitrogens with one attached hydrogen (secondary N) is 1. The average Bonchev–Trinajstić information content (AvgIpc) is 3.09. The first-order valence-corrected chi connectivity index (χ1v) is 10.9. The van der Waals surface area contributed by atoms with Gasteiger partial charge in [0.1, 0.15) is 28.9 Å². The molecule has 8 nitrogen and oxygen atoms in total. The maximum absolute atomic E-state index is 13.0. The van der Waals surface area contributed by atoms with Gasteiger partial charge in [-0.25, -0.2) is 4.98 Å². The van der Waals surface area contributed by atoms with E-state index in [2.05, 4.69) is 15.2 Å². The maximum atomic E-state index is 13.0. The predicted octanol–water partition coefficient (Wildman–Crippen LogP) is 3.70. The molecule has 1 N–H and O–H groups in total. The number of aromatic nitrogens is 2. The molecule has 0 saturated carbocycles. The Balaban J connectivity index is 1.50. The number of fused-ring (bicyclic) bond motifs is 1. The Morgan fingerprint density at radius 1 is 1.22 bits per heavy atom. The van der Waals surface area contributed by atoms with Crippen molar-refractivity contribution in [1.82, 2.24) is 15.3 Å². The first-order chi connectivity index (χ1) is 15.4. The molecule has 1 aliphatic heterocycles. The molecule has 0 spiro atoms.